The van der Waals surface area contributed by atoms with Gasteiger partial charge in [0.25, 0.3) is 5.91 Å². The van der Waals surface area contributed by atoms with Crippen LogP contribution in [0.25, 0.3) is 11.1 Å². The molecule has 2 aromatic heterocycles. The molecular weight excluding hydrogens is 515 g/mol. The van der Waals surface area contributed by atoms with Crippen molar-refractivity contribution in [1.29, 1.82) is 0 Å². The molecule has 7 nitrogen and oxygen atoms in total. The van der Waals surface area contributed by atoms with Crippen LogP contribution in [0, 0.1) is 5.82 Å². The number of benzene rings is 1. The number of carbonyl (C=O) groups excluding carboxylic acids is 2. The molecule has 0 radical (unpaired) electrons. The van der Waals surface area contributed by atoms with Crippen LogP contribution in [0.3, 0.4) is 0 Å². The van der Waals surface area contributed by atoms with Crippen LogP contribution in [0.5, 0.6) is 5.75 Å². The van der Waals surface area contributed by atoms with Gasteiger partial charge in [0.1, 0.15) is 29.5 Å². The van der Waals surface area contributed by atoms with Crippen molar-refractivity contribution in [3.63, 3.8) is 0 Å². The maximum atomic E-state index is 13.7. The lowest BCUT2D eigenvalue weighted by atomic mass is 10.0. The molecule has 1 aromatic carbocycles. The number of ether oxygens (including phenoxy) is 2. The summed E-state index contributed by atoms with van der Waals surface area (Å²) in [4.78, 5) is 32.5. The third-order valence-electron chi connectivity index (χ3n) is 4.96. The summed E-state index contributed by atoms with van der Waals surface area (Å²) in [5.41, 5.74) is -4.90. The zero-order chi connectivity index (χ0) is 27.5. The number of methoxy groups -OCH3 is 2. The Hall–Kier alpha value is -4.23. The number of hydrogen-bond acceptors (Lipinski definition) is 6. The highest BCUT2D eigenvalue weighted by Crippen LogP contribution is 2.38. The van der Waals surface area contributed by atoms with Crippen molar-refractivity contribution in [3.8, 4) is 16.9 Å². The number of halogens is 7. The lowest BCUT2D eigenvalue weighted by Crippen LogP contribution is -2.37. The first-order valence-corrected chi connectivity index (χ1v) is 10.1. The molecule has 0 spiro atoms. The molecule has 0 aliphatic carbocycles. The average Bonchev–Trinajstić information content (AvgIpc) is 2.85. The summed E-state index contributed by atoms with van der Waals surface area (Å²) in [6, 6.07) is 4.94. The van der Waals surface area contributed by atoms with Crippen molar-refractivity contribution >= 4 is 17.6 Å². The quantitative estimate of drug-likeness (QED) is 0.324. The number of esters is 1. The van der Waals surface area contributed by atoms with Crippen LogP contribution >= 0.6 is 0 Å². The third kappa shape index (κ3) is 6.13. The van der Waals surface area contributed by atoms with E-state index in [1.54, 1.807) is 0 Å². The Morgan fingerprint density at radius 3 is 2.08 bits per heavy atom. The Morgan fingerprint density at radius 2 is 1.54 bits per heavy atom. The smallest absolute Gasteiger partial charge is 0.433 e. The zero-order valence-corrected chi connectivity index (χ0v) is 18.9. The maximum absolute atomic E-state index is 13.7. The van der Waals surface area contributed by atoms with E-state index in [9.17, 15) is 40.3 Å². The van der Waals surface area contributed by atoms with Crippen molar-refractivity contribution in [2.24, 2.45) is 0 Å². The van der Waals surface area contributed by atoms with Crippen molar-refractivity contribution in [1.82, 2.24) is 9.97 Å². The summed E-state index contributed by atoms with van der Waals surface area (Å²) in [6.45, 7) is -0.914. The largest absolute Gasteiger partial charge is 0.496 e. The van der Waals surface area contributed by atoms with Gasteiger partial charge in [-0.05, 0) is 30.3 Å². The van der Waals surface area contributed by atoms with E-state index in [0.717, 1.165) is 25.4 Å². The van der Waals surface area contributed by atoms with Gasteiger partial charge in [-0.25, -0.2) is 9.37 Å². The monoisotopic (exact) mass is 531 g/mol. The Bertz CT molecular complexity index is 1290. The molecule has 0 bridgehead atoms. The predicted molar refractivity (Wildman–Crippen MR) is 114 cm³/mol. The molecule has 0 N–H and O–H groups in total. The molecular formula is C23H16F7N3O4. The van der Waals surface area contributed by atoms with Crippen LogP contribution in [-0.4, -0.2) is 42.6 Å². The molecule has 3 rings (SSSR count). The first kappa shape index (κ1) is 27.4. The van der Waals surface area contributed by atoms with Gasteiger partial charge in [-0.3, -0.25) is 19.5 Å². The van der Waals surface area contributed by atoms with Gasteiger partial charge in [-0.15, -0.1) is 0 Å². The average molecular weight is 531 g/mol. The normalized spacial score (nSPS) is 11.7. The van der Waals surface area contributed by atoms with Crippen molar-refractivity contribution in [2.45, 2.75) is 12.4 Å². The highest BCUT2D eigenvalue weighted by atomic mass is 19.4. The Morgan fingerprint density at radius 1 is 0.919 bits per heavy atom. The van der Waals surface area contributed by atoms with Gasteiger partial charge < -0.3 is 9.47 Å². The molecule has 0 fully saturated rings. The number of amides is 1. The number of carbonyl (C=O) groups is 2. The molecule has 2 heterocycles. The van der Waals surface area contributed by atoms with E-state index in [2.05, 4.69) is 14.7 Å². The van der Waals surface area contributed by atoms with E-state index in [-0.39, 0.29) is 34.7 Å². The number of pyridine rings is 2. The van der Waals surface area contributed by atoms with Gasteiger partial charge in [0.15, 0.2) is 0 Å². The molecule has 0 saturated heterocycles. The number of anilines is 1. The van der Waals surface area contributed by atoms with Crippen molar-refractivity contribution < 1.29 is 49.8 Å². The topological polar surface area (TPSA) is 81.6 Å². The molecule has 0 unspecified atom stereocenters. The van der Waals surface area contributed by atoms with Crippen LogP contribution < -0.4 is 9.64 Å². The second kappa shape index (κ2) is 10.4. The van der Waals surface area contributed by atoms with E-state index < -0.39 is 53.5 Å². The standard InChI is InChI=1S/C23H16F7N3O4/c1-36-17-9-13(24)3-4-15(17)14-5-6-31-10-16(14)33(11-20(34)37-2)21(35)12-7-18(22(25,26)27)32-19(8-12)23(28,29)30/h3-10H,11H2,1-2H3. The lowest BCUT2D eigenvalue weighted by molar-refractivity contribution is -0.150. The van der Waals surface area contributed by atoms with Gasteiger partial charge >= 0.3 is 18.3 Å². The summed E-state index contributed by atoms with van der Waals surface area (Å²) >= 11 is 0. The Balaban J connectivity index is 2.24. The Labute approximate surface area is 204 Å². The molecule has 0 saturated carbocycles. The van der Waals surface area contributed by atoms with Gasteiger partial charge in [-0.1, -0.05) is 0 Å². The van der Waals surface area contributed by atoms with Crippen molar-refractivity contribution in [3.05, 3.63) is 71.6 Å². The summed E-state index contributed by atoms with van der Waals surface area (Å²) in [7, 11) is 2.19. The first-order chi connectivity index (χ1) is 17.3. The molecule has 3 aromatic rings. The third-order valence-corrected chi connectivity index (χ3v) is 4.96. The Kier molecular flexibility index (Phi) is 7.69. The summed E-state index contributed by atoms with van der Waals surface area (Å²) in [6.07, 6.45) is -8.32. The van der Waals surface area contributed by atoms with E-state index in [4.69, 9.17) is 4.74 Å². The predicted octanol–water partition coefficient (Wildman–Crippen LogP) is 5.15. The van der Waals surface area contributed by atoms with E-state index >= 15 is 0 Å². The highest BCUT2D eigenvalue weighted by Gasteiger charge is 2.40. The first-order valence-electron chi connectivity index (χ1n) is 10.1. The van der Waals surface area contributed by atoms with Crippen molar-refractivity contribution in [2.75, 3.05) is 25.7 Å². The number of rotatable bonds is 6. The molecule has 0 aliphatic rings. The molecule has 14 heteroatoms. The second-order valence-corrected chi connectivity index (χ2v) is 7.33. The van der Waals surface area contributed by atoms with Crippen LogP contribution in [0.2, 0.25) is 0 Å². The number of nitrogens with zero attached hydrogens (tertiary/aromatic N) is 3. The summed E-state index contributed by atoms with van der Waals surface area (Å²) in [5, 5.41) is 0. The molecule has 1 amide bonds. The summed E-state index contributed by atoms with van der Waals surface area (Å²) < 4.78 is 103. The van der Waals surface area contributed by atoms with Gasteiger partial charge in [0, 0.05) is 29.0 Å². The minimum atomic E-state index is -5.32. The fourth-order valence-corrected chi connectivity index (χ4v) is 3.28. The molecule has 0 aliphatic heterocycles. The van der Waals surface area contributed by atoms with E-state index in [1.807, 2.05) is 0 Å². The minimum Gasteiger partial charge on any atom is -0.496 e. The van der Waals surface area contributed by atoms with Crippen LogP contribution in [0.1, 0.15) is 21.7 Å². The fraction of sp³-hybridized carbons (Fsp3) is 0.217. The lowest BCUT2D eigenvalue weighted by Gasteiger charge is -2.25. The molecule has 37 heavy (non-hydrogen) atoms. The maximum Gasteiger partial charge on any atom is 0.433 e. The second-order valence-electron chi connectivity index (χ2n) is 7.33. The van der Waals surface area contributed by atoms with Gasteiger partial charge in [0.05, 0.1) is 26.1 Å². The van der Waals surface area contributed by atoms with Gasteiger partial charge in [0.2, 0.25) is 0 Å². The SMILES string of the molecule is COC(=O)CN(C(=O)c1cc(C(F)(F)F)nc(C(F)(F)F)c1)c1cnccc1-c1ccc(F)cc1OC. The zero-order valence-electron chi connectivity index (χ0n) is 18.9. The highest BCUT2D eigenvalue weighted by molar-refractivity contribution is 6.10. The van der Waals surface area contributed by atoms with E-state index in [0.29, 0.717) is 4.90 Å². The number of aromatic nitrogens is 2. The number of hydrogen-bond donors (Lipinski definition) is 0. The minimum absolute atomic E-state index is 0.0134. The van der Waals surface area contributed by atoms with E-state index in [1.165, 1.54) is 25.4 Å². The van der Waals surface area contributed by atoms with Gasteiger partial charge in [-0.2, -0.15) is 26.3 Å². The summed E-state index contributed by atoms with van der Waals surface area (Å²) in [5.74, 6) is -3.15. The van der Waals surface area contributed by atoms with Crippen LogP contribution in [0.4, 0.5) is 36.4 Å². The fourth-order valence-electron chi connectivity index (χ4n) is 3.28. The number of alkyl halides is 6. The molecule has 196 valence electrons. The molecule has 0 atom stereocenters. The van der Waals surface area contributed by atoms with Crippen LogP contribution in [0.15, 0.2) is 48.8 Å². The van der Waals surface area contributed by atoms with Crippen LogP contribution in [-0.2, 0) is 21.9 Å².